The summed E-state index contributed by atoms with van der Waals surface area (Å²) in [6.45, 7) is 2.43. The molecular formula is C31H30N6O. The van der Waals surface area contributed by atoms with Crippen molar-refractivity contribution in [1.29, 1.82) is 0 Å². The highest BCUT2D eigenvalue weighted by molar-refractivity contribution is 5.90. The summed E-state index contributed by atoms with van der Waals surface area (Å²) in [5.74, 6) is 0.957. The molecular weight excluding hydrogens is 472 g/mol. The molecule has 2 aromatic heterocycles. The van der Waals surface area contributed by atoms with Crippen LogP contribution in [-0.2, 0) is 6.54 Å². The van der Waals surface area contributed by atoms with Crippen LogP contribution in [0.1, 0.15) is 28.6 Å². The number of aryl methyl sites for hydroxylation is 1. The van der Waals surface area contributed by atoms with E-state index in [9.17, 15) is 4.79 Å². The van der Waals surface area contributed by atoms with Crippen LogP contribution in [0, 0.1) is 6.92 Å². The van der Waals surface area contributed by atoms with Crippen LogP contribution in [0.15, 0.2) is 103 Å². The predicted molar refractivity (Wildman–Crippen MR) is 151 cm³/mol. The van der Waals surface area contributed by atoms with Crippen LogP contribution in [0.4, 0.5) is 16.2 Å². The first-order valence-corrected chi connectivity index (χ1v) is 12.7. The highest BCUT2D eigenvalue weighted by Gasteiger charge is 2.36. The van der Waals surface area contributed by atoms with Crippen LogP contribution in [-0.4, -0.2) is 39.4 Å². The van der Waals surface area contributed by atoms with Gasteiger partial charge in [0.25, 0.3) is 0 Å². The van der Waals surface area contributed by atoms with Gasteiger partial charge in [0.2, 0.25) is 0 Å². The summed E-state index contributed by atoms with van der Waals surface area (Å²) in [6, 6.07) is 31.8. The predicted octanol–water partition coefficient (Wildman–Crippen LogP) is 6.17. The molecule has 1 aliphatic heterocycles. The Kier molecular flexibility index (Phi) is 5.96. The molecule has 3 heterocycles. The minimum atomic E-state index is -0.305. The van der Waals surface area contributed by atoms with Gasteiger partial charge in [-0.25, -0.2) is 9.48 Å². The van der Waals surface area contributed by atoms with E-state index in [0.717, 1.165) is 45.4 Å². The highest BCUT2D eigenvalue weighted by Crippen LogP contribution is 2.39. The molecule has 0 fully saturated rings. The number of anilines is 2. The number of rotatable bonds is 4. The minimum Gasteiger partial charge on any atom is -0.378 e. The molecule has 38 heavy (non-hydrogen) atoms. The average molecular weight is 503 g/mol. The molecule has 0 saturated heterocycles. The van der Waals surface area contributed by atoms with Crippen LogP contribution in [0.3, 0.4) is 0 Å². The Morgan fingerprint density at radius 2 is 1.58 bits per heavy atom. The summed E-state index contributed by atoms with van der Waals surface area (Å²) in [7, 11) is 4.06. The number of carbonyl (C=O) groups is 1. The van der Waals surface area contributed by atoms with E-state index in [1.807, 2.05) is 85.2 Å². The number of carbonyl (C=O) groups excluding carboxylic acids is 1. The van der Waals surface area contributed by atoms with Crippen molar-refractivity contribution < 1.29 is 4.79 Å². The van der Waals surface area contributed by atoms with Crippen molar-refractivity contribution in [2.75, 3.05) is 24.3 Å². The van der Waals surface area contributed by atoms with Gasteiger partial charge in [0, 0.05) is 37.2 Å². The SMILES string of the molecule is Cc1nn(-c2ccccc2)c2c1CN(C(=O)Nc1ccccc1)[C@@H](c1ccc(N(C)C)cc1)c1cccn1-2. The Balaban J connectivity index is 1.53. The molecule has 2 amide bonds. The molecule has 1 atom stereocenters. The largest absolute Gasteiger partial charge is 0.378 e. The monoisotopic (exact) mass is 502 g/mol. The number of nitrogens with zero attached hydrogens (tertiary/aromatic N) is 5. The number of amides is 2. The summed E-state index contributed by atoms with van der Waals surface area (Å²) >= 11 is 0. The second-order valence-corrected chi connectivity index (χ2v) is 9.75. The maximum Gasteiger partial charge on any atom is 0.322 e. The van der Waals surface area contributed by atoms with Crippen molar-refractivity contribution in [1.82, 2.24) is 19.2 Å². The van der Waals surface area contributed by atoms with Crippen LogP contribution in [0.25, 0.3) is 11.5 Å². The zero-order valence-corrected chi connectivity index (χ0v) is 21.7. The quantitative estimate of drug-likeness (QED) is 0.320. The number of fused-ring (bicyclic) bond motifs is 3. The molecule has 5 aromatic rings. The van der Waals surface area contributed by atoms with Gasteiger partial charge in [-0.05, 0) is 61.0 Å². The second-order valence-electron chi connectivity index (χ2n) is 9.75. The van der Waals surface area contributed by atoms with Gasteiger partial charge < -0.3 is 19.7 Å². The van der Waals surface area contributed by atoms with E-state index in [2.05, 4.69) is 63.4 Å². The highest BCUT2D eigenvalue weighted by atomic mass is 16.2. The number of para-hydroxylation sites is 2. The van der Waals surface area contributed by atoms with E-state index in [1.165, 1.54) is 0 Å². The molecule has 190 valence electrons. The second kappa shape index (κ2) is 9.59. The summed E-state index contributed by atoms with van der Waals surface area (Å²) < 4.78 is 4.17. The third kappa shape index (κ3) is 4.12. The van der Waals surface area contributed by atoms with Gasteiger partial charge in [-0.1, -0.05) is 48.5 Å². The third-order valence-electron chi connectivity index (χ3n) is 7.10. The fourth-order valence-electron chi connectivity index (χ4n) is 5.17. The van der Waals surface area contributed by atoms with Crippen molar-refractivity contribution in [2.45, 2.75) is 19.5 Å². The molecule has 0 unspecified atom stereocenters. The lowest BCUT2D eigenvalue weighted by Gasteiger charge is -2.31. The molecule has 1 aliphatic rings. The number of nitrogens with one attached hydrogen (secondary N) is 1. The normalized spacial score (nSPS) is 14.4. The Morgan fingerprint density at radius 3 is 2.26 bits per heavy atom. The van der Waals surface area contributed by atoms with Crippen molar-refractivity contribution in [3.05, 3.63) is 126 Å². The maximum atomic E-state index is 14.0. The molecule has 0 bridgehead atoms. The Hall–Kier alpha value is -4.78. The standard InChI is InChI=1S/C31H30N6O/c1-22-27-21-36(31(38)32-24-11-6-4-7-12-24)29(23-16-18-25(19-17-23)34(2)3)28-15-10-20-35(28)30(27)37(33-22)26-13-8-5-9-14-26/h4-20,29H,21H2,1-3H3,(H,32,38)/t29-/m0/s1. The molecule has 0 saturated carbocycles. The van der Waals surface area contributed by atoms with E-state index < -0.39 is 0 Å². The van der Waals surface area contributed by atoms with Gasteiger partial charge >= 0.3 is 6.03 Å². The number of urea groups is 1. The lowest BCUT2D eigenvalue weighted by Crippen LogP contribution is -2.38. The molecule has 6 rings (SSSR count). The van der Waals surface area contributed by atoms with Crippen molar-refractivity contribution in [3.63, 3.8) is 0 Å². The molecule has 0 radical (unpaired) electrons. The summed E-state index contributed by atoms with van der Waals surface area (Å²) in [5, 5.41) is 8.04. The first kappa shape index (κ1) is 23.6. The first-order chi connectivity index (χ1) is 18.5. The van der Waals surface area contributed by atoms with Crippen LogP contribution in [0.2, 0.25) is 0 Å². The average Bonchev–Trinajstić information content (AvgIpc) is 3.50. The first-order valence-electron chi connectivity index (χ1n) is 12.7. The van der Waals surface area contributed by atoms with Gasteiger partial charge in [-0.2, -0.15) is 5.10 Å². The van der Waals surface area contributed by atoms with Crippen LogP contribution in [0.5, 0.6) is 0 Å². The van der Waals surface area contributed by atoms with Crippen molar-refractivity contribution in [2.24, 2.45) is 0 Å². The van der Waals surface area contributed by atoms with Crippen molar-refractivity contribution >= 4 is 17.4 Å². The summed E-state index contributed by atoms with van der Waals surface area (Å²) in [4.78, 5) is 18.0. The van der Waals surface area contributed by atoms with Crippen LogP contribution < -0.4 is 10.2 Å². The lowest BCUT2D eigenvalue weighted by atomic mass is 10.0. The minimum absolute atomic E-state index is 0.162. The molecule has 0 spiro atoms. The smallest absolute Gasteiger partial charge is 0.322 e. The number of benzene rings is 3. The fraction of sp³-hybridized carbons (Fsp3) is 0.161. The van der Waals surface area contributed by atoms with E-state index in [4.69, 9.17) is 5.10 Å². The summed E-state index contributed by atoms with van der Waals surface area (Å²) in [5.41, 5.74) is 6.80. The van der Waals surface area contributed by atoms with Gasteiger partial charge in [0.05, 0.1) is 29.7 Å². The van der Waals surface area contributed by atoms with Gasteiger partial charge in [0.1, 0.15) is 5.82 Å². The maximum absolute atomic E-state index is 14.0. The van der Waals surface area contributed by atoms with E-state index in [1.54, 1.807) is 0 Å². The lowest BCUT2D eigenvalue weighted by molar-refractivity contribution is 0.194. The van der Waals surface area contributed by atoms with E-state index in [-0.39, 0.29) is 12.1 Å². The molecule has 7 nitrogen and oxygen atoms in total. The zero-order chi connectivity index (χ0) is 26.2. The van der Waals surface area contributed by atoms with Crippen LogP contribution >= 0.6 is 0 Å². The number of hydrogen-bond acceptors (Lipinski definition) is 3. The third-order valence-corrected chi connectivity index (χ3v) is 7.10. The van der Waals surface area contributed by atoms with E-state index in [0.29, 0.717) is 6.54 Å². The number of aromatic nitrogens is 3. The van der Waals surface area contributed by atoms with Gasteiger partial charge in [-0.3, -0.25) is 0 Å². The van der Waals surface area contributed by atoms with Crippen molar-refractivity contribution in [3.8, 4) is 11.5 Å². The van der Waals surface area contributed by atoms with Gasteiger partial charge in [-0.15, -0.1) is 0 Å². The Labute approximate surface area is 222 Å². The summed E-state index contributed by atoms with van der Waals surface area (Å²) in [6.07, 6.45) is 2.06. The van der Waals surface area contributed by atoms with Gasteiger partial charge in [0.15, 0.2) is 0 Å². The molecule has 0 aliphatic carbocycles. The molecule has 3 aromatic carbocycles. The molecule has 7 heteroatoms. The number of hydrogen-bond donors (Lipinski definition) is 1. The van der Waals surface area contributed by atoms with E-state index >= 15 is 0 Å². The molecule has 1 N–H and O–H groups in total. The fourth-order valence-corrected chi connectivity index (χ4v) is 5.17. The zero-order valence-electron chi connectivity index (χ0n) is 21.7. The Morgan fingerprint density at radius 1 is 0.895 bits per heavy atom. The Bertz CT molecular complexity index is 1570. The topological polar surface area (TPSA) is 58.3 Å².